The molecule has 1 aliphatic carbocycles. The molecule has 0 aliphatic heterocycles. The zero-order valence-corrected chi connectivity index (χ0v) is 8.53. The molecule has 0 spiro atoms. The van der Waals surface area contributed by atoms with Crippen LogP contribution in [0.25, 0.3) is 0 Å². The molecule has 0 saturated heterocycles. The quantitative estimate of drug-likeness (QED) is 0.714. The molecule has 2 atom stereocenters. The Morgan fingerprint density at radius 3 is 3.00 bits per heavy atom. The van der Waals surface area contributed by atoms with Crippen LogP contribution < -0.4 is 5.73 Å². The van der Waals surface area contributed by atoms with Crippen LogP contribution in [0.15, 0.2) is 18.2 Å². The number of hydrogen-bond acceptors (Lipinski definition) is 2. The summed E-state index contributed by atoms with van der Waals surface area (Å²) < 4.78 is 0. The van der Waals surface area contributed by atoms with Gasteiger partial charge in [-0.05, 0) is 55.4 Å². The average Bonchev–Trinajstić information content (AvgIpc) is 2.16. The maximum Gasteiger partial charge on any atom is 0.115 e. The molecule has 2 rings (SSSR count). The summed E-state index contributed by atoms with van der Waals surface area (Å²) in [7, 11) is 0. The number of benzene rings is 1. The van der Waals surface area contributed by atoms with Gasteiger partial charge in [-0.1, -0.05) is 6.07 Å². The number of aryl methyl sites for hydroxylation is 1. The molecule has 0 heterocycles. The van der Waals surface area contributed by atoms with Gasteiger partial charge in [-0.2, -0.15) is 0 Å². The lowest BCUT2D eigenvalue weighted by molar-refractivity contribution is 0.462. The van der Waals surface area contributed by atoms with Crippen molar-refractivity contribution in [3.63, 3.8) is 0 Å². The summed E-state index contributed by atoms with van der Waals surface area (Å²) in [6.45, 7) is 2.06. The van der Waals surface area contributed by atoms with Crippen LogP contribution in [0.5, 0.6) is 5.75 Å². The zero-order valence-electron chi connectivity index (χ0n) is 8.53. The van der Waals surface area contributed by atoms with E-state index in [1.165, 1.54) is 24.0 Å². The third kappa shape index (κ3) is 1.62. The van der Waals surface area contributed by atoms with Gasteiger partial charge in [0.2, 0.25) is 0 Å². The van der Waals surface area contributed by atoms with Crippen molar-refractivity contribution in [2.24, 2.45) is 5.73 Å². The lowest BCUT2D eigenvalue weighted by atomic mass is 9.79. The van der Waals surface area contributed by atoms with Crippen LogP contribution in [-0.4, -0.2) is 11.1 Å². The van der Waals surface area contributed by atoms with Crippen molar-refractivity contribution in [1.82, 2.24) is 0 Å². The Balaban J connectivity index is 2.40. The number of nitrogens with two attached hydrogens (primary N) is 1. The summed E-state index contributed by atoms with van der Waals surface area (Å²) in [5, 5.41) is 9.38. The molecule has 76 valence electrons. The zero-order chi connectivity index (χ0) is 10.1. The second-order valence-corrected chi connectivity index (χ2v) is 4.24. The third-order valence-corrected chi connectivity index (χ3v) is 3.12. The highest BCUT2D eigenvalue weighted by Gasteiger charge is 2.22. The van der Waals surface area contributed by atoms with Gasteiger partial charge in [0.25, 0.3) is 0 Å². The number of fused-ring (bicyclic) bond motifs is 1. The van der Waals surface area contributed by atoms with E-state index < -0.39 is 0 Å². The minimum absolute atomic E-state index is 0.207. The monoisotopic (exact) mass is 191 g/mol. The molecule has 2 unspecified atom stereocenters. The molecule has 2 nitrogen and oxygen atoms in total. The first-order chi connectivity index (χ1) is 6.68. The van der Waals surface area contributed by atoms with Gasteiger partial charge in [0.1, 0.15) is 5.75 Å². The molecule has 2 heteroatoms. The smallest absolute Gasteiger partial charge is 0.115 e. The minimum Gasteiger partial charge on any atom is -0.508 e. The average molecular weight is 191 g/mol. The SMILES string of the molecule is CC(N)C1CCCc2cc(O)ccc21. The molecule has 0 fully saturated rings. The molecule has 0 aromatic heterocycles. The van der Waals surface area contributed by atoms with Crippen LogP contribution in [0.3, 0.4) is 0 Å². The second-order valence-electron chi connectivity index (χ2n) is 4.24. The minimum atomic E-state index is 0.207. The van der Waals surface area contributed by atoms with Gasteiger partial charge in [-0.25, -0.2) is 0 Å². The number of rotatable bonds is 1. The van der Waals surface area contributed by atoms with Crippen LogP contribution in [0, 0.1) is 0 Å². The first-order valence-electron chi connectivity index (χ1n) is 5.26. The molecule has 14 heavy (non-hydrogen) atoms. The first kappa shape index (κ1) is 9.53. The molecule has 0 saturated carbocycles. The summed E-state index contributed by atoms with van der Waals surface area (Å²) in [6.07, 6.45) is 3.44. The highest BCUT2D eigenvalue weighted by molar-refractivity contribution is 5.39. The molecular formula is C12H17NO. The maximum atomic E-state index is 9.38. The summed E-state index contributed by atoms with van der Waals surface area (Å²) in [5.74, 6) is 0.841. The summed E-state index contributed by atoms with van der Waals surface area (Å²) in [4.78, 5) is 0. The Labute approximate surface area is 84.7 Å². The van der Waals surface area contributed by atoms with Crippen LogP contribution in [0.1, 0.15) is 36.8 Å². The van der Waals surface area contributed by atoms with Crippen LogP contribution in [0.4, 0.5) is 0 Å². The van der Waals surface area contributed by atoms with E-state index in [0.717, 1.165) is 6.42 Å². The standard InChI is InChI=1S/C12H17NO/c1-8(13)11-4-2-3-9-7-10(14)5-6-12(9)11/h5-8,11,14H,2-4,13H2,1H3. The topological polar surface area (TPSA) is 46.2 Å². The van der Waals surface area contributed by atoms with Crippen molar-refractivity contribution in [2.75, 3.05) is 0 Å². The van der Waals surface area contributed by atoms with Crippen LogP contribution in [-0.2, 0) is 6.42 Å². The third-order valence-electron chi connectivity index (χ3n) is 3.12. The van der Waals surface area contributed by atoms with Gasteiger partial charge in [0, 0.05) is 6.04 Å². The Morgan fingerprint density at radius 1 is 1.50 bits per heavy atom. The molecule has 3 N–H and O–H groups in total. The summed E-state index contributed by atoms with van der Waals surface area (Å²) >= 11 is 0. The van der Waals surface area contributed by atoms with Gasteiger partial charge in [-0.3, -0.25) is 0 Å². The van der Waals surface area contributed by atoms with Crippen molar-refractivity contribution >= 4 is 0 Å². The van der Waals surface area contributed by atoms with Crippen molar-refractivity contribution in [2.45, 2.75) is 38.1 Å². The number of aromatic hydroxyl groups is 1. The Morgan fingerprint density at radius 2 is 2.29 bits per heavy atom. The van der Waals surface area contributed by atoms with Crippen LogP contribution in [0.2, 0.25) is 0 Å². The van der Waals surface area contributed by atoms with E-state index in [9.17, 15) is 5.11 Å². The normalized spacial score (nSPS) is 22.9. The molecular weight excluding hydrogens is 174 g/mol. The fraction of sp³-hybridized carbons (Fsp3) is 0.500. The van der Waals surface area contributed by atoms with Crippen LogP contribution >= 0.6 is 0 Å². The van der Waals surface area contributed by atoms with E-state index >= 15 is 0 Å². The summed E-state index contributed by atoms with van der Waals surface area (Å²) in [6, 6.07) is 5.87. The van der Waals surface area contributed by atoms with E-state index in [1.54, 1.807) is 6.07 Å². The summed E-state index contributed by atoms with van der Waals surface area (Å²) in [5.41, 5.74) is 8.57. The predicted octanol–water partition coefficient (Wildman–Crippen LogP) is 2.16. The van der Waals surface area contributed by atoms with E-state index in [-0.39, 0.29) is 6.04 Å². The molecule has 0 amide bonds. The van der Waals surface area contributed by atoms with Gasteiger partial charge in [0.05, 0.1) is 0 Å². The first-order valence-corrected chi connectivity index (χ1v) is 5.26. The van der Waals surface area contributed by atoms with E-state index in [0.29, 0.717) is 11.7 Å². The number of phenols is 1. The van der Waals surface area contributed by atoms with Gasteiger partial charge < -0.3 is 10.8 Å². The highest BCUT2D eigenvalue weighted by Crippen LogP contribution is 2.34. The van der Waals surface area contributed by atoms with Gasteiger partial charge >= 0.3 is 0 Å². The van der Waals surface area contributed by atoms with E-state index in [4.69, 9.17) is 5.73 Å². The van der Waals surface area contributed by atoms with Crippen molar-refractivity contribution < 1.29 is 5.11 Å². The highest BCUT2D eigenvalue weighted by atomic mass is 16.3. The van der Waals surface area contributed by atoms with E-state index in [1.807, 2.05) is 12.1 Å². The Kier molecular flexibility index (Phi) is 2.46. The van der Waals surface area contributed by atoms with Crippen molar-refractivity contribution in [3.8, 4) is 5.75 Å². The van der Waals surface area contributed by atoms with Crippen molar-refractivity contribution in [3.05, 3.63) is 29.3 Å². The number of phenolic OH excluding ortho intramolecular Hbond substituents is 1. The predicted molar refractivity (Wildman–Crippen MR) is 57.4 cm³/mol. The molecule has 0 radical (unpaired) electrons. The maximum absolute atomic E-state index is 9.38. The second kappa shape index (κ2) is 3.62. The lowest BCUT2D eigenvalue weighted by Crippen LogP contribution is -2.27. The molecule has 1 aromatic carbocycles. The molecule has 0 bridgehead atoms. The fourth-order valence-corrected chi connectivity index (χ4v) is 2.38. The van der Waals surface area contributed by atoms with Gasteiger partial charge in [-0.15, -0.1) is 0 Å². The Bertz CT molecular complexity index is 333. The molecule has 1 aromatic rings. The Hall–Kier alpha value is -1.02. The largest absolute Gasteiger partial charge is 0.508 e. The lowest BCUT2D eigenvalue weighted by Gasteiger charge is -2.28. The molecule has 1 aliphatic rings. The fourth-order valence-electron chi connectivity index (χ4n) is 2.38. The van der Waals surface area contributed by atoms with Crippen molar-refractivity contribution in [1.29, 1.82) is 0 Å². The van der Waals surface area contributed by atoms with Gasteiger partial charge in [0.15, 0.2) is 0 Å². The number of hydrogen-bond donors (Lipinski definition) is 2. The van der Waals surface area contributed by atoms with E-state index in [2.05, 4.69) is 6.92 Å².